The van der Waals surface area contributed by atoms with Gasteiger partial charge in [-0.25, -0.2) is 4.79 Å². The van der Waals surface area contributed by atoms with E-state index >= 15 is 0 Å². The van der Waals surface area contributed by atoms with Crippen LogP contribution in [0.1, 0.15) is 17.3 Å². The molecule has 116 valence electrons. The van der Waals surface area contributed by atoms with Gasteiger partial charge in [0.2, 0.25) is 0 Å². The van der Waals surface area contributed by atoms with Gasteiger partial charge in [-0.05, 0) is 42.3 Å². The largest absolute Gasteiger partial charge is 0.493 e. The molecule has 0 atom stereocenters. The van der Waals surface area contributed by atoms with Gasteiger partial charge in [0.05, 0.1) is 20.8 Å². The van der Waals surface area contributed by atoms with E-state index in [9.17, 15) is 9.90 Å². The molecule has 5 heteroatoms. The van der Waals surface area contributed by atoms with Crippen LogP contribution in [0.15, 0.2) is 36.4 Å². The number of rotatable bonds is 6. The van der Waals surface area contributed by atoms with Gasteiger partial charge in [-0.2, -0.15) is 0 Å². The number of methoxy groups -OCH3 is 2. The molecule has 22 heavy (non-hydrogen) atoms. The van der Waals surface area contributed by atoms with Crippen LogP contribution in [0, 0.1) is 0 Å². The molecule has 2 rings (SSSR count). The van der Waals surface area contributed by atoms with Gasteiger partial charge in [-0.3, -0.25) is 0 Å². The maximum atomic E-state index is 11.4. The summed E-state index contributed by atoms with van der Waals surface area (Å²) in [5.74, 6) is 0.548. The predicted octanol–water partition coefficient (Wildman–Crippen LogP) is 3.47. The van der Waals surface area contributed by atoms with E-state index in [-0.39, 0.29) is 5.56 Å². The lowest BCUT2D eigenvalue weighted by Gasteiger charge is -2.12. The molecule has 0 aromatic heterocycles. The van der Waals surface area contributed by atoms with Crippen molar-refractivity contribution in [2.75, 3.05) is 20.8 Å². The maximum absolute atomic E-state index is 11.4. The number of aromatic carboxylic acids is 1. The molecule has 5 nitrogen and oxygen atoms in total. The zero-order valence-electron chi connectivity index (χ0n) is 12.8. The highest BCUT2D eigenvalue weighted by atomic mass is 16.5. The van der Waals surface area contributed by atoms with Crippen LogP contribution < -0.4 is 14.2 Å². The van der Waals surface area contributed by atoms with Crippen LogP contribution in [0.3, 0.4) is 0 Å². The van der Waals surface area contributed by atoms with E-state index in [1.807, 2.05) is 19.1 Å². The van der Waals surface area contributed by atoms with Crippen molar-refractivity contribution in [3.8, 4) is 28.4 Å². The number of carboxylic acids is 1. The third-order valence-corrected chi connectivity index (χ3v) is 3.23. The average Bonchev–Trinajstić information content (AvgIpc) is 2.54. The smallest absolute Gasteiger partial charge is 0.339 e. The Morgan fingerprint density at radius 3 is 2.09 bits per heavy atom. The summed E-state index contributed by atoms with van der Waals surface area (Å²) in [5, 5.41) is 9.32. The normalized spacial score (nSPS) is 10.1. The molecule has 0 spiro atoms. The van der Waals surface area contributed by atoms with Crippen LogP contribution in [0.2, 0.25) is 0 Å². The minimum atomic E-state index is -1.02. The average molecular weight is 302 g/mol. The molecule has 0 aliphatic heterocycles. The van der Waals surface area contributed by atoms with E-state index in [1.165, 1.54) is 0 Å². The fraction of sp³-hybridized carbons (Fsp3) is 0.235. The molecule has 1 N–H and O–H groups in total. The standard InChI is InChI=1S/C17H18O5/c1-4-22-14-7-5-11(9-13(14)17(18)19)12-6-8-15(20-2)16(10-12)21-3/h5-10H,4H2,1-3H3,(H,18,19). The summed E-state index contributed by atoms with van der Waals surface area (Å²) in [6.07, 6.45) is 0. The van der Waals surface area contributed by atoms with Crippen molar-refractivity contribution < 1.29 is 24.1 Å². The monoisotopic (exact) mass is 302 g/mol. The summed E-state index contributed by atoms with van der Waals surface area (Å²) in [7, 11) is 3.12. The highest BCUT2D eigenvalue weighted by molar-refractivity contribution is 5.92. The summed E-state index contributed by atoms with van der Waals surface area (Å²) in [6.45, 7) is 2.23. The molecule has 0 aliphatic carbocycles. The first-order chi connectivity index (χ1) is 10.6. The summed E-state index contributed by atoms with van der Waals surface area (Å²) in [5.41, 5.74) is 1.74. The van der Waals surface area contributed by atoms with Gasteiger partial charge < -0.3 is 19.3 Å². The minimum Gasteiger partial charge on any atom is -0.493 e. The van der Waals surface area contributed by atoms with Gasteiger partial charge in [-0.1, -0.05) is 12.1 Å². The summed E-state index contributed by atoms with van der Waals surface area (Å²) in [4.78, 5) is 11.4. The second-order valence-corrected chi connectivity index (χ2v) is 4.52. The van der Waals surface area contributed by atoms with Gasteiger partial charge in [0.1, 0.15) is 11.3 Å². The summed E-state index contributed by atoms with van der Waals surface area (Å²) in [6, 6.07) is 10.5. The van der Waals surface area contributed by atoms with Gasteiger partial charge in [-0.15, -0.1) is 0 Å². The first-order valence-corrected chi connectivity index (χ1v) is 6.83. The van der Waals surface area contributed by atoms with E-state index in [0.717, 1.165) is 11.1 Å². The van der Waals surface area contributed by atoms with Crippen LogP contribution >= 0.6 is 0 Å². The second kappa shape index (κ2) is 6.85. The molecule has 0 unspecified atom stereocenters. The van der Waals surface area contributed by atoms with Crippen LogP contribution in [-0.4, -0.2) is 31.9 Å². The third kappa shape index (κ3) is 3.14. The molecule has 0 saturated carbocycles. The van der Waals surface area contributed by atoms with Crippen LogP contribution in [-0.2, 0) is 0 Å². The highest BCUT2D eigenvalue weighted by Crippen LogP contribution is 2.34. The van der Waals surface area contributed by atoms with Crippen molar-refractivity contribution in [3.63, 3.8) is 0 Å². The minimum absolute atomic E-state index is 0.133. The zero-order valence-corrected chi connectivity index (χ0v) is 12.8. The van der Waals surface area contributed by atoms with E-state index in [0.29, 0.717) is 23.9 Å². The fourth-order valence-electron chi connectivity index (χ4n) is 2.17. The first kappa shape index (κ1) is 15.7. The number of hydrogen-bond donors (Lipinski definition) is 1. The lowest BCUT2D eigenvalue weighted by Crippen LogP contribution is -2.03. The zero-order chi connectivity index (χ0) is 16.1. The first-order valence-electron chi connectivity index (χ1n) is 6.83. The predicted molar refractivity (Wildman–Crippen MR) is 83.1 cm³/mol. The van der Waals surface area contributed by atoms with Crippen LogP contribution in [0.25, 0.3) is 11.1 Å². The Morgan fingerprint density at radius 2 is 1.55 bits per heavy atom. The van der Waals surface area contributed by atoms with Crippen molar-refractivity contribution in [2.24, 2.45) is 0 Å². The van der Waals surface area contributed by atoms with Gasteiger partial charge in [0.25, 0.3) is 0 Å². The van der Waals surface area contributed by atoms with Crippen molar-refractivity contribution in [1.29, 1.82) is 0 Å². The Balaban J connectivity index is 2.49. The van der Waals surface area contributed by atoms with E-state index < -0.39 is 5.97 Å². The maximum Gasteiger partial charge on any atom is 0.339 e. The van der Waals surface area contributed by atoms with Gasteiger partial charge in [0.15, 0.2) is 11.5 Å². The van der Waals surface area contributed by atoms with Crippen LogP contribution in [0.4, 0.5) is 0 Å². The number of benzene rings is 2. The molecule has 0 fully saturated rings. The highest BCUT2D eigenvalue weighted by Gasteiger charge is 2.14. The molecule has 2 aromatic rings. The quantitative estimate of drug-likeness (QED) is 0.885. The lowest BCUT2D eigenvalue weighted by molar-refractivity contribution is 0.0692. The molecule has 0 amide bonds. The molecular formula is C17H18O5. The molecule has 2 aromatic carbocycles. The molecule has 0 saturated heterocycles. The number of ether oxygens (including phenoxy) is 3. The fourth-order valence-corrected chi connectivity index (χ4v) is 2.17. The van der Waals surface area contributed by atoms with Gasteiger partial charge in [0, 0.05) is 0 Å². The number of carboxylic acid groups (broad SMARTS) is 1. The summed E-state index contributed by atoms with van der Waals surface area (Å²) < 4.78 is 15.8. The van der Waals surface area contributed by atoms with Crippen molar-refractivity contribution in [1.82, 2.24) is 0 Å². The van der Waals surface area contributed by atoms with E-state index in [2.05, 4.69) is 0 Å². The van der Waals surface area contributed by atoms with Crippen LogP contribution in [0.5, 0.6) is 17.2 Å². The number of carbonyl (C=O) groups is 1. The Bertz CT molecular complexity index is 679. The van der Waals surface area contributed by atoms with Crippen molar-refractivity contribution >= 4 is 5.97 Å². The van der Waals surface area contributed by atoms with E-state index in [4.69, 9.17) is 14.2 Å². The Hall–Kier alpha value is -2.69. The molecule has 0 radical (unpaired) electrons. The second-order valence-electron chi connectivity index (χ2n) is 4.52. The lowest BCUT2D eigenvalue weighted by atomic mass is 10.0. The SMILES string of the molecule is CCOc1ccc(-c2ccc(OC)c(OC)c2)cc1C(=O)O. The number of hydrogen-bond acceptors (Lipinski definition) is 4. The van der Waals surface area contributed by atoms with Gasteiger partial charge >= 0.3 is 5.97 Å². The molecular weight excluding hydrogens is 284 g/mol. The molecule has 0 heterocycles. The Kier molecular flexibility index (Phi) is 4.88. The van der Waals surface area contributed by atoms with Crippen molar-refractivity contribution in [2.45, 2.75) is 6.92 Å². The van der Waals surface area contributed by atoms with Crippen molar-refractivity contribution in [3.05, 3.63) is 42.0 Å². The van der Waals surface area contributed by atoms with E-state index in [1.54, 1.807) is 38.5 Å². The Morgan fingerprint density at radius 1 is 0.955 bits per heavy atom. The Labute approximate surface area is 129 Å². The molecule has 0 aliphatic rings. The summed E-state index contributed by atoms with van der Waals surface area (Å²) >= 11 is 0. The topological polar surface area (TPSA) is 65.0 Å². The molecule has 0 bridgehead atoms. The third-order valence-electron chi connectivity index (χ3n) is 3.23.